The second kappa shape index (κ2) is 5.73. The van der Waals surface area contributed by atoms with E-state index >= 15 is 0 Å². The van der Waals surface area contributed by atoms with E-state index in [1.165, 1.54) is 12.1 Å². The minimum absolute atomic E-state index is 0.126. The monoisotopic (exact) mass is 353 g/mol. The molecule has 1 aliphatic rings. The Morgan fingerprint density at radius 2 is 2.29 bits per heavy atom. The highest BCUT2D eigenvalue weighted by molar-refractivity contribution is 9.10. The Morgan fingerprint density at radius 1 is 1.48 bits per heavy atom. The molecule has 2 aromatic rings. The zero-order chi connectivity index (χ0) is 15.0. The number of piperidine rings is 1. The quantitative estimate of drug-likeness (QED) is 0.870. The first kappa shape index (κ1) is 14.5. The van der Waals surface area contributed by atoms with E-state index < -0.39 is 0 Å². The standard InChI is InChI=1S/C14H17BrFN5/c1-8-12(17)3-2-6-21(8)14-18-13(19-20-14)10-7-9(16)4-5-11(10)15/h4-5,7-8,12H,2-3,6,17H2,1H3,(H,18,19,20). The van der Waals surface area contributed by atoms with Crippen LogP contribution in [0.5, 0.6) is 0 Å². The molecule has 1 saturated heterocycles. The fourth-order valence-electron chi connectivity index (χ4n) is 2.64. The second-order valence-electron chi connectivity index (χ2n) is 5.35. The van der Waals surface area contributed by atoms with E-state index in [0.29, 0.717) is 17.3 Å². The minimum atomic E-state index is -0.306. The molecule has 2 heterocycles. The number of aromatic amines is 1. The van der Waals surface area contributed by atoms with Crippen molar-refractivity contribution >= 4 is 21.9 Å². The Morgan fingerprint density at radius 3 is 3.10 bits per heavy atom. The van der Waals surface area contributed by atoms with E-state index in [-0.39, 0.29) is 17.9 Å². The fourth-order valence-corrected chi connectivity index (χ4v) is 3.07. The molecular formula is C14H17BrFN5. The van der Waals surface area contributed by atoms with Crippen molar-refractivity contribution < 1.29 is 4.39 Å². The first-order valence-electron chi connectivity index (χ1n) is 6.96. The Labute approximate surface area is 130 Å². The highest BCUT2D eigenvalue weighted by atomic mass is 79.9. The normalized spacial score (nSPS) is 22.6. The van der Waals surface area contributed by atoms with Gasteiger partial charge in [-0.2, -0.15) is 4.98 Å². The average molecular weight is 354 g/mol. The lowest BCUT2D eigenvalue weighted by molar-refractivity contribution is 0.416. The average Bonchev–Trinajstić information content (AvgIpc) is 2.94. The maximum Gasteiger partial charge on any atom is 0.245 e. The third-order valence-electron chi connectivity index (χ3n) is 3.96. The molecule has 5 nitrogen and oxygen atoms in total. The zero-order valence-corrected chi connectivity index (χ0v) is 13.3. The molecule has 1 aromatic heterocycles. The van der Waals surface area contributed by atoms with Gasteiger partial charge in [0.1, 0.15) is 5.82 Å². The van der Waals surface area contributed by atoms with Gasteiger partial charge in [0, 0.05) is 28.7 Å². The zero-order valence-electron chi connectivity index (χ0n) is 11.7. The summed E-state index contributed by atoms with van der Waals surface area (Å²) in [6, 6.07) is 4.81. The number of H-pyrrole nitrogens is 1. The Bertz CT molecular complexity index is 644. The second-order valence-corrected chi connectivity index (χ2v) is 6.20. The molecule has 0 bridgehead atoms. The summed E-state index contributed by atoms with van der Waals surface area (Å²) >= 11 is 3.41. The number of hydrogen-bond donors (Lipinski definition) is 2. The molecule has 0 saturated carbocycles. The summed E-state index contributed by atoms with van der Waals surface area (Å²) in [5.74, 6) is 0.853. The van der Waals surface area contributed by atoms with Crippen molar-refractivity contribution in [2.24, 2.45) is 5.73 Å². The van der Waals surface area contributed by atoms with Crippen LogP contribution in [0.25, 0.3) is 11.4 Å². The largest absolute Gasteiger partial charge is 0.335 e. The van der Waals surface area contributed by atoms with Crippen LogP contribution in [0.15, 0.2) is 22.7 Å². The maximum absolute atomic E-state index is 13.4. The molecule has 2 atom stereocenters. The smallest absolute Gasteiger partial charge is 0.245 e. The third kappa shape index (κ3) is 2.80. The summed E-state index contributed by atoms with van der Waals surface area (Å²) < 4.78 is 14.2. The number of rotatable bonds is 2. The predicted octanol–water partition coefficient (Wildman–Crippen LogP) is 2.69. The van der Waals surface area contributed by atoms with Gasteiger partial charge in [0.2, 0.25) is 5.95 Å². The molecule has 0 aliphatic carbocycles. The number of benzene rings is 1. The number of aromatic nitrogens is 3. The van der Waals surface area contributed by atoms with Gasteiger partial charge < -0.3 is 10.6 Å². The van der Waals surface area contributed by atoms with Gasteiger partial charge in [-0.3, -0.25) is 5.10 Å². The van der Waals surface area contributed by atoms with Gasteiger partial charge in [-0.15, -0.1) is 5.10 Å². The number of nitrogens with one attached hydrogen (secondary N) is 1. The van der Waals surface area contributed by atoms with Crippen LogP contribution in [-0.4, -0.2) is 33.8 Å². The van der Waals surface area contributed by atoms with E-state index in [0.717, 1.165) is 23.9 Å². The van der Waals surface area contributed by atoms with Gasteiger partial charge in [-0.25, -0.2) is 4.39 Å². The number of nitrogens with zero attached hydrogens (tertiary/aromatic N) is 3. The van der Waals surface area contributed by atoms with Crippen molar-refractivity contribution in [2.45, 2.75) is 31.8 Å². The number of halogens is 2. The minimum Gasteiger partial charge on any atom is -0.335 e. The molecule has 0 amide bonds. The van der Waals surface area contributed by atoms with Crippen LogP contribution in [0.4, 0.5) is 10.3 Å². The molecule has 1 aliphatic heterocycles. The van der Waals surface area contributed by atoms with Gasteiger partial charge in [0.05, 0.1) is 0 Å². The lowest BCUT2D eigenvalue weighted by atomic mass is 9.99. The number of hydrogen-bond acceptors (Lipinski definition) is 4. The van der Waals surface area contributed by atoms with E-state index in [4.69, 9.17) is 5.73 Å². The van der Waals surface area contributed by atoms with Crippen molar-refractivity contribution in [3.63, 3.8) is 0 Å². The lowest BCUT2D eigenvalue weighted by Gasteiger charge is -2.36. The molecule has 112 valence electrons. The fraction of sp³-hybridized carbons (Fsp3) is 0.429. The van der Waals surface area contributed by atoms with Crippen LogP contribution >= 0.6 is 15.9 Å². The molecular weight excluding hydrogens is 337 g/mol. The predicted molar refractivity (Wildman–Crippen MR) is 83.5 cm³/mol. The summed E-state index contributed by atoms with van der Waals surface area (Å²) in [4.78, 5) is 6.60. The number of anilines is 1. The van der Waals surface area contributed by atoms with E-state index in [9.17, 15) is 4.39 Å². The first-order chi connectivity index (χ1) is 10.1. The number of nitrogens with two attached hydrogens (primary N) is 1. The lowest BCUT2D eigenvalue weighted by Crippen LogP contribution is -2.50. The van der Waals surface area contributed by atoms with Crippen molar-refractivity contribution in [3.05, 3.63) is 28.5 Å². The van der Waals surface area contributed by atoms with Gasteiger partial charge in [0.15, 0.2) is 5.82 Å². The highest BCUT2D eigenvalue weighted by Gasteiger charge is 2.28. The molecule has 3 N–H and O–H groups in total. The van der Waals surface area contributed by atoms with Crippen LogP contribution in [-0.2, 0) is 0 Å². The molecule has 1 aromatic carbocycles. The highest BCUT2D eigenvalue weighted by Crippen LogP contribution is 2.28. The van der Waals surface area contributed by atoms with Crippen molar-refractivity contribution in [1.29, 1.82) is 0 Å². The third-order valence-corrected chi connectivity index (χ3v) is 4.65. The molecule has 0 radical (unpaired) electrons. The first-order valence-corrected chi connectivity index (χ1v) is 7.75. The Balaban J connectivity index is 1.91. The van der Waals surface area contributed by atoms with Gasteiger partial charge in [-0.1, -0.05) is 15.9 Å². The van der Waals surface area contributed by atoms with Gasteiger partial charge in [0.25, 0.3) is 0 Å². The van der Waals surface area contributed by atoms with Crippen LogP contribution in [0.2, 0.25) is 0 Å². The van der Waals surface area contributed by atoms with Crippen LogP contribution in [0.3, 0.4) is 0 Å². The summed E-state index contributed by atoms with van der Waals surface area (Å²) in [7, 11) is 0. The molecule has 0 spiro atoms. The Kier molecular flexibility index (Phi) is 3.95. The summed E-state index contributed by atoms with van der Waals surface area (Å²) in [6.45, 7) is 2.97. The van der Waals surface area contributed by atoms with Crippen LogP contribution in [0.1, 0.15) is 19.8 Å². The van der Waals surface area contributed by atoms with E-state index in [2.05, 4.69) is 42.9 Å². The van der Waals surface area contributed by atoms with Crippen LogP contribution < -0.4 is 10.6 Å². The van der Waals surface area contributed by atoms with E-state index in [1.54, 1.807) is 6.07 Å². The van der Waals surface area contributed by atoms with Crippen molar-refractivity contribution in [2.75, 3.05) is 11.4 Å². The maximum atomic E-state index is 13.4. The van der Waals surface area contributed by atoms with Crippen LogP contribution in [0, 0.1) is 5.82 Å². The summed E-state index contributed by atoms with van der Waals surface area (Å²) in [6.07, 6.45) is 2.05. The van der Waals surface area contributed by atoms with E-state index in [1.807, 2.05) is 0 Å². The molecule has 7 heteroatoms. The molecule has 21 heavy (non-hydrogen) atoms. The SMILES string of the molecule is CC1C(N)CCCN1c1n[nH]c(-c2cc(F)ccc2Br)n1. The molecule has 2 unspecified atom stereocenters. The van der Waals surface area contributed by atoms with Gasteiger partial charge in [-0.05, 0) is 38.0 Å². The summed E-state index contributed by atoms with van der Waals surface area (Å²) in [5.41, 5.74) is 6.76. The molecule has 1 fully saturated rings. The summed E-state index contributed by atoms with van der Waals surface area (Å²) in [5, 5.41) is 7.15. The Hall–Kier alpha value is -1.47. The van der Waals surface area contributed by atoms with Crippen molar-refractivity contribution in [3.8, 4) is 11.4 Å². The van der Waals surface area contributed by atoms with Crippen molar-refractivity contribution in [1.82, 2.24) is 15.2 Å². The van der Waals surface area contributed by atoms with Gasteiger partial charge >= 0.3 is 0 Å². The topological polar surface area (TPSA) is 70.8 Å². The molecule has 3 rings (SSSR count).